The molecule has 1 fully saturated rings. The van der Waals surface area contributed by atoms with Crippen molar-refractivity contribution in [3.63, 3.8) is 0 Å². The minimum atomic E-state index is -0.512. The number of hydrogen-bond acceptors (Lipinski definition) is 5. The fourth-order valence-electron chi connectivity index (χ4n) is 3.38. The zero-order chi connectivity index (χ0) is 23.0. The molecule has 182 valence electrons. The van der Waals surface area contributed by atoms with E-state index in [0.29, 0.717) is 25.5 Å². The third-order valence-corrected chi connectivity index (χ3v) is 4.76. The molecule has 2 atom stereocenters. The molecule has 0 aromatic carbocycles. The van der Waals surface area contributed by atoms with E-state index in [-0.39, 0.29) is 47.8 Å². The topological polar surface area (TPSA) is 82.1 Å². The standard InChI is InChI=1S/C22H37FN6O2.HI/c1-7-24-20(26-13-16(2)14-28(6)21(30)31-22(3,4)5)27-17-10-12-29(15-17)19-18(23)9-8-11-25-19;/h8-9,11,16-17H,7,10,12-15H2,1-6H3,(H2,24,26,27);1H. The van der Waals surface area contributed by atoms with E-state index >= 15 is 0 Å². The maximum Gasteiger partial charge on any atom is 0.410 e. The van der Waals surface area contributed by atoms with E-state index < -0.39 is 5.60 Å². The van der Waals surface area contributed by atoms with Crippen LogP contribution in [0.15, 0.2) is 23.3 Å². The predicted molar refractivity (Wildman–Crippen MR) is 137 cm³/mol. The molecule has 0 saturated carbocycles. The number of nitrogens with one attached hydrogen (secondary N) is 2. The Morgan fingerprint density at radius 3 is 2.81 bits per heavy atom. The lowest BCUT2D eigenvalue weighted by molar-refractivity contribution is 0.0279. The molecule has 10 heteroatoms. The van der Waals surface area contributed by atoms with Gasteiger partial charge in [0, 0.05) is 52.0 Å². The van der Waals surface area contributed by atoms with Gasteiger partial charge in [-0.3, -0.25) is 4.99 Å². The van der Waals surface area contributed by atoms with Crippen molar-refractivity contribution in [1.82, 2.24) is 20.5 Å². The predicted octanol–water partition coefficient (Wildman–Crippen LogP) is 3.48. The smallest absolute Gasteiger partial charge is 0.410 e. The summed E-state index contributed by atoms with van der Waals surface area (Å²) in [7, 11) is 1.74. The van der Waals surface area contributed by atoms with Crippen LogP contribution >= 0.6 is 24.0 Å². The zero-order valence-corrected chi connectivity index (χ0v) is 22.4. The Morgan fingerprint density at radius 2 is 2.19 bits per heavy atom. The second-order valence-corrected chi connectivity index (χ2v) is 9.07. The molecule has 2 heterocycles. The molecular weight excluding hydrogens is 526 g/mol. The largest absolute Gasteiger partial charge is 0.444 e. The monoisotopic (exact) mass is 564 g/mol. The Hall–Kier alpha value is -1.85. The van der Waals surface area contributed by atoms with Gasteiger partial charge in [-0.05, 0) is 52.2 Å². The van der Waals surface area contributed by atoms with Gasteiger partial charge in [0.25, 0.3) is 0 Å². The zero-order valence-electron chi connectivity index (χ0n) is 20.0. The number of halogens is 2. The number of carbonyl (C=O) groups is 1. The van der Waals surface area contributed by atoms with E-state index in [4.69, 9.17) is 4.74 Å². The summed E-state index contributed by atoms with van der Waals surface area (Å²) in [4.78, 5) is 24.5. The summed E-state index contributed by atoms with van der Waals surface area (Å²) in [6, 6.07) is 3.19. The van der Waals surface area contributed by atoms with Crippen molar-refractivity contribution in [3.05, 3.63) is 24.1 Å². The third kappa shape index (κ3) is 9.33. The van der Waals surface area contributed by atoms with Crippen LogP contribution in [0.5, 0.6) is 0 Å². The van der Waals surface area contributed by atoms with Gasteiger partial charge in [-0.25, -0.2) is 14.2 Å². The molecule has 1 aromatic heterocycles. The second-order valence-electron chi connectivity index (χ2n) is 9.07. The first-order chi connectivity index (χ1) is 14.6. The first-order valence-corrected chi connectivity index (χ1v) is 10.9. The molecule has 1 aliphatic heterocycles. The fraction of sp³-hybridized carbons (Fsp3) is 0.682. The fourth-order valence-corrected chi connectivity index (χ4v) is 3.38. The van der Waals surface area contributed by atoms with Crippen LogP contribution in [0.25, 0.3) is 0 Å². The lowest BCUT2D eigenvalue weighted by atomic mass is 10.2. The number of ether oxygens (including phenoxy) is 1. The highest BCUT2D eigenvalue weighted by atomic mass is 127. The molecule has 2 rings (SSSR count). The van der Waals surface area contributed by atoms with E-state index in [1.54, 1.807) is 24.2 Å². The average Bonchev–Trinajstić information content (AvgIpc) is 3.13. The van der Waals surface area contributed by atoms with Crippen LogP contribution in [-0.2, 0) is 4.74 Å². The number of aliphatic imine (C=N–C) groups is 1. The molecule has 0 bridgehead atoms. The quantitative estimate of drug-likeness (QED) is 0.300. The summed E-state index contributed by atoms with van der Waals surface area (Å²) in [6.45, 7) is 12.9. The molecule has 0 radical (unpaired) electrons. The van der Waals surface area contributed by atoms with Crippen molar-refractivity contribution in [1.29, 1.82) is 0 Å². The van der Waals surface area contributed by atoms with Crippen molar-refractivity contribution < 1.29 is 13.9 Å². The summed E-state index contributed by atoms with van der Waals surface area (Å²) in [5.74, 6) is 0.984. The minimum absolute atomic E-state index is 0. The minimum Gasteiger partial charge on any atom is -0.444 e. The molecule has 0 aliphatic carbocycles. The molecule has 1 saturated heterocycles. The van der Waals surface area contributed by atoms with Gasteiger partial charge in [0.2, 0.25) is 0 Å². The number of amides is 1. The Bertz CT molecular complexity index is 758. The van der Waals surface area contributed by atoms with Crippen LogP contribution in [0, 0.1) is 11.7 Å². The molecule has 8 nitrogen and oxygen atoms in total. The van der Waals surface area contributed by atoms with Crippen LogP contribution in [-0.4, -0.2) is 73.4 Å². The number of guanidine groups is 1. The summed E-state index contributed by atoms with van der Waals surface area (Å²) < 4.78 is 19.4. The molecule has 1 aromatic rings. The van der Waals surface area contributed by atoms with Crippen LogP contribution < -0.4 is 15.5 Å². The maximum absolute atomic E-state index is 14.0. The van der Waals surface area contributed by atoms with E-state index in [2.05, 4.69) is 27.5 Å². The summed E-state index contributed by atoms with van der Waals surface area (Å²) in [6.07, 6.45) is 2.15. The van der Waals surface area contributed by atoms with Gasteiger partial charge in [0.05, 0.1) is 0 Å². The first kappa shape index (κ1) is 28.2. The number of pyridine rings is 1. The summed E-state index contributed by atoms with van der Waals surface area (Å²) in [5, 5.41) is 6.70. The van der Waals surface area contributed by atoms with Crippen molar-refractivity contribution in [2.24, 2.45) is 10.9 Å². The van der Waals surface area contributed by atoms with Gasteiger partial charge in [0.1, 0.15) is 5.60 Å². The van der Waals surface area contributed by atoms with Gasteiger partial charge >= 0.3 is 6.09 Å². The van der Waals surface area contributed by atoms with E-state index in [1.165, 1.54) is 6.07 Å². The Kier molecular flexibility index (Phi) is 11.5. The van der Waals surface area contributed by atoms with Crippen molar-refractivity contribution >= 4 is 41.8 Å². The molecule has 2 N–H and O–H groups in total. The molecule has 2 unspecified atom stereocenters. The maximum atomic E-state index is 14.0. The number of rotatable bonds is 7. The normalized spacial score (nSPS) is 17.4. The van der Waals surface area contributed by atoms with E-state index in [0.717, 1.165) is 25.5 Å². The highest BCUT2D eigenvalue weighted by molar-refractivity contribution is 14.0. The van der Waals surface area contributed by atoms with Gasteiger partial charge < -0.3 is 25.2 Å². The molecule has 32 heavy (non-hydrogen) atoms. The van der Waals surface area contributed by atoms with Crippen molar-refractivity contribution in [2.45, 2.75) is 52.7 Å². The lowest BCUT2D eigenvalue weighted by Gasteiger charge is -2.26. The van der Waals surface area contributed by atoms with Crippen LogP contribution in [0.3, 0.4) is 0 Å². The number of hydrogen-bond donors (Lipinski definition) is 2. The van der Waals surface area contributed by atoms with Crippen LogP contribution in [0.4, 0.5) is 15.0 Å². The van der Waals surface area contributed by atoms with E-state index in [9.17, 15) is 9.18 Å². The van der Waals surface area contributed by atoms with Gasteiger partial charge in [-0.2, -0.15) is 0 Å². The Morgan fingerprint density at radius 1 is 1.47 bits per heavy atom. The lowest BCUT2D eigenvalue weighted by Crippen LogP contribution is -2.45. The SMILES string of the molecule is CCNC(=NCC(C)CN(C)C(=O)OC(C)(C)C)NC1CCN(c2ncccc2F)C1.I. The van der Waals surface area contributed by atoms with Crippen molar-refractivity contribution in [3.8, 4) is 0 Å². The molecule has 0 spiro atoms. The van der Waals surface area contributed by atoms with Crippen molar-refractivity contribution in [2.75, 3.05) is 44.7 Å². The van der Waals surface area contributed by atoms with Crippen LogP contribution in [0.2, 0.25) is 0 Å². The molecule has 1 aliphatic rings. The summed E-state index contributed by atoms with van der Waals surface area (Å²) in [5.41, 5.74) is -0.512. The number of carbonyl (C=O) groups excluding carboxylic acids is 1. The van der Waals surface area contributed by atoms with Gasteiger partial charge in [-0.1, -0.05) is 6.92 Å². The third-order valence-electron chi connectivity index (χ3n) is 4.76. The highest BCUT2D eigenvalue weighted by Gasteiger charge is 2.26. The number of anilines is 1. The average molecular weight is 564 g/mol. The summed E-state index contributed by atoms with van der Waals surface area (Å²) >= 11 is 0. The molecular formula is C22H38FIN6O2. The first-order valence-electron chi connectivity index (χ1n) is 10.9. The van der Waals surface area contributed by atoms with Crippen LogP contribution in [0.1, 0.15) is 41.0 Å². The van der Waals surface area contributed by atoms with Gasteiger partial charge in [-0.15, -0.1) is 24.0 Å². The number of aromatic nitrogens is 1. The van der Waals surface area contributed by atoms with Gasteiger partial charge in [0.15, 0.2) is 17.6 Å². The highest BCUT2D eigenvalue weighted by Crippen LogP contribution is 2.20. The molecule has 1 amide bonds. The Labute approximate surface area is 208 Å². The van der Waals surface area contributed by atoms with E-state index in [1.807, 2.05) is 32.6 Å². The second kappa shape index (κ2) is 13.0. The number of nitrogens with zero attached hydrogens (tertiary/aromatic N) is 4. The Balaban J connectivity index is 0.00000512.